The van der Waals surface area contributed by atoms with Crippen molar-refractivity contribution in [3.8, 4) is 0 Å². The van der Waals surface area contributed by atoms with Crippen molar-refractivity contribution >= 4 is 29.3 Å². The van der Waals surface area contributed by atoms with Crippen LogP contribution < -0.4 is 15.5 Å². The zero-order valence-corrected chi connectivity index (χ0v) is 19.7. The first-order valence-electron chi connectivity index (χ1n) is 11.2. The zero-order valence-electron chi connectivity index (χ0n) is 18.9. The molecule has 2 amide bonds. The lowest BCUT2D eigenvalue weighted by molar-refractivity contribution is -0.139. The van der Waals surface area contributed by atoms with E-state index in [9.17, 15) is 9.59 Å². The molecule has 1 atom stereocenters. The summed E-state index contributed by atoms with van der Waals surface area (Å²) in [6.45, 7) is 7.82. The van der Waals surface area contributed by atoms with Gasteiger partial charge in [0.05, 0.1) is 18.2 Å². The third kappa shape index (κ3) is 5.49. The molecule has 2 aliphatic heterocycles. The molecule has 7 nitrogen and oxygen atoms in total. The lowest BCUT2D eigenvalue weighted by Gasteiger charge is -2.38. The van der Waals surface area contributed by atoms with Gasteiger partial charge in [-0.05, 0) is 43.7 Å². The summed E-state index contributed by atoms with van der Waals surface area (Å²) >= 11 is 6.01. The fourth-order valence-electron chi connectivity index (χ4n) is 4.24. The van der Waals surface area contributed by atoms with E-state index in [1.807, 2.05) is 55.5 Å². The van der Waals surface area contributed by atoms with Crippen LogP contribution in [-0.2, 0) is 9.53 Å². The maximum atomic E-state index is 13.0. The van der Waals surface area contributed by atoms with Gasteiger partial charge in [-0.3, -0.25) is 4.90 Å². The molecule has 0 aliphatic carbocycles. The van der Waals surface area contributed by atoms with Crippen molar-refractivity contribution in [2.24, 2.45) is 0 Å². The molecule has 2 aromatic rings. The van der Waals surface area contributed by atoms with Crippen molar-refractivity contribution in [2.75, 3.05) is 44.2 Å². The number of benzene rings is 2. The summed E-state index contributed by atoms with van der Waals surface area (Å²) in [5, 5.41) is 6.49. The molecule has 2 aliphatic rings. The molecule has 0 saturated carbocycles. The first kappa shape index (κ1) is 23.1. The molecule has 1 saturated heterocycles. The third-order valence-electron chi connectivity index (χ3n) is 6.01. The largest absolute Gasteiger partial charge is 0.463 e. The SMILES string of the molecule is CCOC(=O)C1=C(CN2CCN(c3ccc(Cl)cc3)CC2)NC(=O)N[C@H]1c1ccc(C)cc1. The number of rotatable bonds is 6. The predicted octanol–water partition coefficient (Wildman–Crippen LogP) is 3.64. The van der Waals surface area contributed by atoms with E-state index in [-0.39, 0.29) is 12.6 Å². The number of anilines is 1. The lowest BCUT2D eigenvalue weighted by Crippen LogP contribution is -2.51. The summed E-state index contributed by atoms with van der Waals surface area (Å²) in [7, 11) is 0. The van der Waals surface area contributed by atoms with Crippen LogP contribution in [-0.4, -0.2) is 56.2 Å². The molecule has 2 N–H and O–H groups in total. The van der Waals surface area contributed by atoms with Crippen LogP contribution in [0.1, 0.15) is 24.1 Å². The molecule has 2 aromatic carbocycles. The van der Waals surface area contributed by atoms with E-state index in [2.05, 4.69) is 20.4 Å². The molecule has 0 unspecified atom stereocenters. The van der Waals surface area contributed by atoms with Gasteiger partial charge >= 0.3 is 12.0 Å². The van der Waals surface area contributed by atoms with Crippen LogP contribution in [0.25, 0.3) is 0 Å². The quantitative estimate of drug-likeness (QED) is 0.633. The highest BCUT2D eigenvalue weighted by molar-refractivity contribution is 6.30. The van der Waals surface area contributed by atoms with Crippen molar-refractivity contribution < 1.29 is 14.3 Å². The summed E-state index contributed by atoms with van der Waals surface area (Å²) in [6.07, 6.45) is 0. The monoisotopic (exact) mass is 468 g/mol. The van der Waals surface area contributed by atoms with Gasteiger partial charge in [0, 0.05) is 49.1 Å². The number of piperazine rings is 1. The van der Waals surface area contributed by atoms with Gasteiger partial charge in [-0.1, -0.05) is 41.4 Å². The summed E-state index contributed by atoms with van der Waals surface area (Å²) in [4.78, 5) is 30.0. The van der Waals surface area contributed by atoms with Gasteiger partial charge in [0.2, 0.25) is 0 Å². The van der Waals surface area contributed by atoms with Crippen molar-refractivity contribution in [3.63, 3.8) is 0 Å². The van der Waals surface area contributed by atoms with Crippen molar-refractivity contribution in [1.82, 2.24) is 15.5 Å². The van der Waals surface area contributed by atoms with Gasteiger partial charge in [-0.2, -0.15) is 0 Å². The van der Waals surface area contributed by atoms with Crippen LogP contribution in [0.4, 0.5) is 10.5 Å². The van der Waals surface area contributed by atoms with Gasteiger partial charge in [-0.25, -0.2) is 9.59 Å². The van der Waals surface area contributed by atoms with Crippen LogP contribution in [0.15, 0.2) is 59.8 Å². The van der Waals surface area contributed by atoms with Gasteiger partial charge in [0.1, 0.15) is 0 Å². The minimum absolute atomic E-state index is 0.268. The molecule has 0 radical (unpaired) electrons. The molecule has 8 heteroatoms. The molecular weight excluding hydrogens is 440 g/mol. The van der Waals surface area contributed by atoms with E-state index in [0.717, 1.165) is 48.0 Å². The third-order valence-corrected chi connectivity index (χ3v) is 6.26. The van der Waals surface area contributed by atoms with E-state index in [0.29, 0.717) is 17.8 Å². The number of esters is 1. The Labute approximate surface area is 199 Å². The number of hydrogen-bond donors (Lipinski definition) is 2. The molecule has 0 bridgehead atoms. The molecular formula is C25H29ClN4O3. The first-order valence-corrected chi connectivity index (χ1v) is 11.6. The van der Waals surface area contributed by atoms with Crippen LogP contribution in [0.5, 0.6) is 0 Å². The number of carbonyl (C=O) groups excluding carboxylic acids is 2. The molecule has 1 fully saturated rings. The molecule has 174 valence electrons. The van der Waals surface area contributed by atoms with E-state index < -0.39 is 12.0 Å². The second-order valence-electron chi connectivity index (χ2n) is 8.29. The average Bonchev–Trinajstić information content (AvgIpc) is 2.80. The van der Waals surface area contributed by atoms with E-state index in [4.69, 9.17) is 16.3 Å². The number of halogens is 1. The summed E-state index contributed by atoms with van der Waals surface area (Å²) < 4.78 is 5.37. The number of nitrogens with one attached hydrogen (secondary N) is 2. The summed E-state index contributed by atoms with van der Waals surface area (Å²) in [6, 6.07) is 14.8. The number of urea groups is 1. The Balaban J connectivity index is 1.54. The fraction of sp³-hybridized carbons (Fsp3) is 0.360. The van der Waals surface area contributed by atoms with Crippen LogP contribution in [0.3, 0.4) is 0 Å². The van der Waals surface area contributed by atoms with Gasteiger partial charge in [-0.15, -0.1) is 0 Å². The number of amides is 2. The van der Waals surface area contributed by atoms with Gasteiger partial charge in [0.25, 0.3) is 0 Å². The van der Waals surface area contributed by atoms with Crippen LogP contribution in [0.2, 0.25) is 5.02 Å². The number of carbonyl (C=O) groups is 2. The Morgan fingerprint density at radius 2 is 1.73 bits per heavy atom. The normalized spacial score (nSPS) is 19.2. The second-order valence-corrected chi connectivity index (χ2v) is 8.73. The Morgan fingerprint density at radius 3 is 2.36 bits per heavy atom. The Kier molecular flexibility index (Phi) is 7.20. The smallest absolute Gasteiger partial charge is 0.338 e. The van der Waals surface area contributed by atoms with Crippen molar-refractivity contribution in [2.45, 2.75) is 19.9 Å². The number of ether oxygens (including phenoxy) is 1. The van der Waals surface area contributed by atoms with E-state index in [1.54, 1.807) is 6.92 Å². The number of hydrogen-bond acceptors (Lipinski definition) is 5. The number of aryl methyl sites for hydroxylation is 1. The lowest BCUT2D eigenvalue weighted by atomic mass is 9.94. The summed E-state index contributed by atoms with van der Waals surface area (Å²) in [5.74, 6) is -0.412. The highest BCUT2D eigenvalue weighted by Gasteiger charge is 2.34. The minimum atomic E-state index is -0.552. The first-order chi connectivity index (χ1) is 15.9. The molecule has 0 aromatic heterocycles. The highest BCUT2D eigenvalue weighted by atomic mass is 35.5. The maximum Gasteiger partial charge on any atom is 0.338 e. The van der Waals surface area contributed by atoms with Gasteiger partial charge < -0.3 is 20.3 Å². The topological polar surface area (TPSA) is 73.9 Å². The minimum Gasteiger partial charge on any atom is -0.463 e. The Hall–Kier alpha value is -3.03. The van der Waals surface area contributed by atoms with Crippen LogP contribution >= 0.6 is 11.6 Å². The van der Waals surface area contributed by atoms with E-state index >= 15 is 0 Å². The molecule has 4 rings (SSSR count). The van der Waals surface area contributed by atoms with Crippen LogP contribution in [0, 0.1) is 6.92 Å². The predicted molar refractivity (Wildman–Crippen MR) is 129 cm³/mol. The van der Waals surface area contributed by atoms with Gasteiger partial charge in [0.15, 0.2) is 0 Å². The number of nitrogens with zero attached hydrogens (tertiary/aromatic N) is 2. The Morgan fingerprint density at radius 1 is 1.06 bits per heavy atom. The Bertz CT molecular complexity index is 1030. The molecule has 33 heavy (non-hydrogen) atoms. The summed E-state index contributed by atoms with van der Waals surface area (Å²) in [5.41, 5.74) is 4.16. The highest BCUT2D eigenvalue weighted by Crippen LogP contribution is 2.29. The second kappa shape index (κ2) is 10.3. The fourth-order valence-corrected chi connectivity index (χ4v) is 4.37. The molecule has 2 heterocycles. The zero-order chi connectivity index (χ0) is 23.4. The van der Waals surface area contributed by atoms with Crippen molar-refractivity contribution in [3.05, 3.63) is 76.0 Å². The standard InChI is InChI=1S/C25H29ClN4O3/c1-3-33-24(31)22-21(27-25(32)28-23(22)18-6-4-17(2)5-7-18)16-29-12-14-30(15-13-29)20-10-8-19(26)9-11-20/h4-11,23H,3,12-16H2,1-2H3,(H2,27,28,32)/t23-/m0/s1. The molecule has 0 spiro atoms. The van der Waals surface area contributed by atoms with E-state index in [1.165, 1.54) is 0 Å². The average molecular weight is 469 g/mol. The maximum absolute atomic E-state index is 13.0. The van der Waals surface area contributed by atoms with Crippen molar-refractivity contribution in [1.29, 1.82) is 0 Å².